The summed E-state index contributed by atoms with van der Waals surface area (Å²) < 4.78 is 5.35. The maximum Gasteiger partial charge on any atom is 0.163 e. The molecule has 1 atom stereocenters. The zero-order valence-corrected chi connectivity index (χ0v) is 12.8. The highest BCUT2D eigenvalue weighted by atomic mass is 35.5. The Morgan fingerprint density at radius 1 is 1.24 bits per heavy atom. The van der Waals surface area contributed by atoms with Gasteiger partial charge in [0.2, 0.25) is 0 Å². The molecule has 21 heavy (non-hydrogen) atoms. The van der Waals surface area contributed by atoms with Crippen LogP contribution in [0.5, 0.6) is 0 Å². The highest BCUT2D eigenvalue weighted by molar-refractivity contribution is 6.30. The van der Waals surface area contributed by atoms with Gasteiger partial charge < -0.3 is 4.74 Å². The van der Waals surface area contributed by atoms with Crippen molar-refractivity contribution in [2.45, 2.75) is 12.8 Å². The first-order chi connectivity index (χ1) is 10.2. The number of carbonyl (C=O) groups excluding carboxylic acids is 1. The van der Waals surface area contributed by atoms with Crippen molar-refractivity contribution in [1.29, 1.82) is 0 Å². The lowest BCUT2D eigenvalue weighted by molar-refractivity contribution is -0.118. The van der Waals surface area contributed by atoms with Gasteiger partial charge in [0.25, 0.3) is 0 Å². The standard InChI is InChI=1S/C17H20ClNO2/c18-16-5-1-13(2-6-16)11-14-3-4-15(17(14)20)12-19-7-9-21-10-8-19/h1-2,5-6,11,15H,3-4,7-10,12H2/b14-11+. The molecule has 1 aromatic carbocycles. The number of benzene rings is 1. The summed E-state index contributed by atoms with van der Waals surface area (Å²) in [5.74, 6) is 0.470. The topological polar surface area (TPSA) is 29.5 Å². The summed E-state index contributed by atoms with van der Waals surface area (Å²) in [5, 5.41) is 0.722. The Kier molecular flexibility index (Phi) is 4.73. The number of hydrogen-bond donors (Lipinski definition) is 0. The predicted octanol–water partition coefficient (Wildman–Crippen LogP) is 3.03. The second-order valence-corrected chi connectivity index (χ2v) is 6.17. The molecule has 2 fully saturated rings. The van der Waals surface area contributed by atoms with E-state index in [4.69, 9.17) is 16.3 Å². The molecule has 2 aliphatic rings. The number of ether oxygens (including phenoxy) is 1. The third-order valence-electron chi connectivity index (χ3n) is 4.24. The molecule has 112 valence electrons. The Balaban J connectivity index is 1.64. The van der Waals surface area contributed by atoms with Gasteiger partial charge >= 0.3 is 0 Å². The van der Waals surface area contributed by atoms with Crippen molar-refractivity contribution in [3.05, 3.63) is 40.4 Å². The molecule has 0 bridgehead atoms. The number of carbonyl (C=O) groups is 1. The zero-order valence-electron chi connectivity index (χ0n) is 12.1. The van der Waals surface area contributed by atoms with Gasteiger partial charge in [0.15, 0.2) is 5.78 Å². The van der Waals surface area contributed by atoms with Crippen LogP contribution < -0.4 is 0 Å². The van der Waals surface area contributed by atoms with Gasteiger partial charge in [0, 0.05) is 30.6 Å². The second kappa shape index (κ2) is 6.73. The molecule has 4 heteroatoms. The summed E-state index contributed by atoms with van der Waals surface area (Å²) in [6.07, 6.45) is 3.87. The van der Waals surface area contributed by atoms with E-state index in [0.29, 0.717) is 5.78 Å². The van der Waals surface area contributed by atoms with Crippen LogP contribution in [-0.2, 0) is 9.53 Å². The molecular weight excluding hydrogens is 286 g/mol. The minimum Gasteiger partial charge on any atom is -0.379 e. The number of rotatable bonds is 3. The molecular formula is C17H20ClNO2. The SMILES string of the molecule is O=C1/C(=C/c2ccc(Cl)cc2)CCC1CN1CCOCC1. The van der Waals surface area contributed by atoms with Crippen LogP contribution in [-0.4, -0.2) is 43.5 Å². The van der Waals surface area contributed by atoms with E-state index in [9.17, 15) is 4.79 Å². The fourth-order valence-corrected chi connectivity index (χ4v) is 3.15. The number of Topliss-reactive ketones (excluding diaryl/α,β-unsaturated/α-hetero) is 1. The van der Waals surface area contributed by atoms with Crippen LogP contribution in [0.25, 0.3) is 6.08 Å². The van der Waals surface area contributed by atoms with Crippen LogP contribution in [0.3, 0.4) is 0 Å². The minimum absolute atomic E-state index is 0.154. The molecule has 0 spiro atoms. The first-order valence-corrected chi connectivity index (χ1v) is 7.90. The highest BCUT2D eigenvalue weighted by Gasteiger charge is 2.30. The van der Waals surface area contributed by atoms with Crippen molar-refractivity contribution in [3.8, 4) is 0 Å². The van der Waals surface area contributed by atoms with E-state index < -0.39 is 0 Å². The fraction of sp³-hybridized carbons (Fsp3) is 0.471. The van der Waals surface area contributed by atoms with E-state index in [-0.39, 0.29) is 5.92 Å². The van der Waals surface area contributed by atoms with Crippen molar-refractivity contribution >= 4 is 23.5 Å². The summed E-state index contributed by atoms with van der Waals surface area (Å²) in [6.45, 7) is 4.34. The lowest BCUT2D eigenvalue weighted by Gasteiger charge is -2.28. The second-order valence-electron chi connectivity index (χ2n) is 5.73. The van der Waals surface area contributed by atoms with Gasteiger partial charge in [-0.15, -0.1) is 0 Å². The quantitative estimate of drug-likeness (QED) is 0.804. The number of hydrogen-bond acceptors (Lipinski definition) is 3. The van der Waals surface area contributed by atoms with Crippen molar-refractivity contribution in [1.82, 2.24) is 4.90 Å². The first-order valence-electron chi connectivity index (χ1n) is 7.53. The predicted molar refractivity (Wildman–Crippen MR) is 84.4 cm³/mol. The van der Waals surface area contributed by atoms with E-state index >= 15 is 0 Å². The van der Waals surface area contributed by atoms with Crippen LogP contribution >= 0.6 is 11.6 Å². The number of ketones is 1. The van der Waals surface area contributed by atoms with Crippen LogP contribution in [0.2, 0.25) is 5.02 Å². The van der Waals surface area contributed by atoms with Crippen LogP contribution in [0.15, 0.2) is 29.8 Å². The molecule has 1 aliphatic carbocycles. The van der Waals surface area contributed by atoms with Gasteiger partial charge in [-0.3, -0.25) is 9.69 Å². The molecule has 0 radical (unpaired) electrons. The van der Waals surface area contributed by atoms with E-state index in [0.717, 1.165) is 61.8 Å². The summed E-state index contributed by atoms with van der Waals surface area (Å²) in [7, 11) is 0. The van der Waals surface area contributed by atoms with Crippen molar-refractivity contribution < 1.29 is 9.53 Å². The lowest BCUT2D eigenvalue weighted by atomic mass is 10.0. The Labute approximate surface area is 130 Å². The smallest absolute Gasteiger partial charge is 0.163 e. The lowest BCUT2D eigenvalue weighted by Crippen LogP contribution is -2.40. The normalized spacial score (nSPS) is 25.7. The van der Waals surface area contributed by atoms with Crippen molar-refractivity contribution in [2.24, 2.45) is 5.92 Å². The van der Waals surface area contributed by atoms with Crippen molar-refractivity contribution in [2.75, 3.05) is 32.8 Å². The molecule has 1 aromatic rings. The van der Waals surface area contributed by atoms with Crippen LogP contribution in [0, 0.1) is 5.92 Å². The number of allylic oxidation sites excluding steroid dienone is 1. The molecule has 0 aromatic heterocycles. The number of halogens is 1. The van der Waals surface area contributed by atoms with Gasteiger partial charge in [-0.05, 0) is 42.2 Å². The molecule has 1 saturated carbocycles. The Hall–Kier alpha value is -1.16. The third-order valence-corrected chi connectivity index (χ3v) is 4.49. The molecule has 3 nitrogen and oxygen atoms in total. The largest absolute Gasteiger partial charge is 0.379 e. The van der Waals surface area contributed by atoms with Crippen LogP contribution in [0.1, 0.15) is 18.4 Å². The fourth-order valence-electron chi connectivity index (χ4n) is 3.02. The van der Waals surface area contributed by atoms with E-state index in [1.165, 1.54) is 0 Å². The summed E-state index contributed by atoms with van der Waals surface area (Å²) >= 11 is 5.89. The van der Waals surface area contributed by atoms with E-state index in [1.807, 2.05) is 30.3 Å². The van der Waals surface area contributed by atoms with E-state index in [1.54, 1.807) is 0 Å². The first kappa shape index (κ1) is 14.8. The molecule has 0 N–H and O–H groups in total. The van der Waals surface area contributed by atoms with Gasteiger partial charge in [-0.25, -0.2) is 0 Å². The maximum absolute atomic E-state index is 12.5. The van der Waals surface area contributed by atoms with Gasteiger partial charge in [-0.2, -0.15) is 0 Å². The van der Waals surface area contributed by atoms with Crippen LogP contribution in [0.4, 0.5) is 0 Å². The number of nitrogens with zero attached hydrogens (tertiary/aromatic N) is 1. The highest BCUT2D eigenvalue weighted by Crippen LogP contribution is 2.29. The van der Waals surface area contributed by atoms with Gasteiger partial charge in [0.1, 0.15) is 0 Å². The monoisotopic (exact) mass is 305 g/mol. The maximum atomic E-state index is 12.5. The summed E-state index contributed by atoms with van der Waals surface area (Å²) in [6, 6.07) is 7.63. The number of morpholine rings is 1. The summed E-state index contributed by atoms with van der Waals surface area (Å²) in [4.78, 5) is 14.8. The Morgan fingerprint density at radius 2 is 1.95 bits per heavy atom. The molecule has 3 rings (SSSR count). The average Bonchev–Trinajstić information content (AvgIpc) is 2.84. The van der Waals surface area contributed by atoms with Gasteiger partial charge in [-0.1, -0.05) is 23.7 Å². The molecule has 1 aliphatic heterocycles. The zero-order chi connectivity index (χ0) is 14.7. The van der Waals surface area contributed by atoms with Crippen molar-refractivity contribution in [3.63, 3.8) is 0 Å². The minimum atomic E-state index is 0.154. The molecule has 1 saturated heterocycles. The Bertz CT molecular complexity index is 532. The molecule has 1 heterocycles. The third kappa shape index (κ3) is 3.73. The Morgan fingerprint density at radius 3 is 2.67 bits per heavy atom. The average molecular weight is 306 g/mol. The van der Waals surface area contributed by atoms with E-state index in [2.05, 4.69) is 4.90 Å². The summed E-state index contributed by atoms with van der Waals surface area (Å²) in [5.41, 5.74) is 2.00. The molecule has 1 unspecified atom stereocenters. The molecule has 0 amide bonds. The van der Waals surface area contributed by atoms with Gasteiger partial charge in [0.05, 0.1) is 13.2 Å².